The van der Waals surface area contributed by atoms with Gasteiger partial charge in [-0.1, -0.05) is 71.0 Å². The zero-order valence-electron chi connectivity index (χ0n) is 16.5. The first-order valence-corrected chi connectivity index (χ1v) is 10.1. The molecule has 0 saturated carbocycles. The van der Waals surface area contributed by atoms with Crippen molar-refractivity contribution in [1.82, 2.24) is 4.98 Å². The van der Waals surface area contributed by atoms with E-state index in [0.717, 1.165) is 30.4 Å². The Morgan fingerprint density at radius 2 is 1.80 bits per heavy atom. The molecule has 0 spiro atoms. The number of anilines is 1. The summed E-state index contributed by atoms with van der Waals surface area (Å²) in [5.41, 5.74) is 1.28. The van der Waals surface area contributed by atoms with Crippen LogP contribution in [-0.2, 0) is 11.3 Å². The molecule has 0 amide bonds. The van der Waals surface area contributed by atoms with E-state index in [1.165, 1.54) is 12.0 Å². The highest BCUT2D eigenvalue weighted by Gasteiger charge is 2.10. The molecule has 1 aromatic carbocycles. The summed E-state index contributed by atoms with van der Waals surface area (Å²) in [5, 5.41) is 3.04. The number of hydrogen-bond donors (Lipinski definition) is 0. The SMILES string of the molecule is C=C(CCN(Cc1ccccc1)c1nccs1)OCC.CC.CCC. The van der Waals surface area contributed by atoms with E-state index in [-0.39, 0.29) is 0 Å². The van der Waals surface area contributed by atoms with Gasteiger partial charge < -0.3 is 9.64 Å². The highest BCUT2D eigenvalue weighted by molar-refractivity contribution is 7.13. The number of hydrogen-bond acceptors (Lipinski definition) is 4. The van der Waals surface area contributed by atoms with Crippen LogP contribution < -0.4 is 4.90 Å². The molecule has 2 aromatic rings. The van der Waals surface area contributed by atoms with Crippen LogP contribution in [0.4, 0.5) is 5.13 Å². The Morgan fingerprint density at radius 1 is 1.16 bits per heavy atom. The second-order valence-corrected chi connectivity index (χ2v) is 6.02. The molecule has 1 heterocycles. The van der Waals surface area contributed by atoms with Crippen molar-refractivity contribution in [3.8, 4) is 0 Å². The molecule has 0 bridgehead atoms. The Morgan fingerprint density at radius 3 is 2.32 bits per heavy atom. The lowest BCUT2D eigenvalue weighted by molar-refractivity contribution is 0.221. The lowest BCUT2D eigenvalue weighted by Crippen LogP contribution is -2.24. The average molecular weight is 363 g/mol. The molecular formula is C21H34N2OS. The van der Waals surface area contributed by atoms with Gasteiger partial charge in [-0.25, -0.2) is 4.98 Å². The van der Waals surface area contributed by atoms with Crippen LogP contribution in [0.1, 0.15) is 53.0 Å². The quantitative estimate of drug-likeness (QED) is 0.499. The lowest BCUT2D eigenvalue weighted by Gasteiger charge is -2.22. The van der Waals surface area contributed by atoms with Gasteiger partial charge in [-0.2, -0.15) is 0 Å². The molecule has 0 atom stereocenters. The fraction of sp³-hybridized carbons (Fsp3) is 0.476. The fourth-order valence-electron chi connectivity index (χ4n) is 1.95. The molecule has 0 radical (unpaired) electrons. The highest BCUT2D eigenvalue weighted by atomic mass is 32.1. The molecule has 0 fully saturated rings. The average Bonchev–Trinajstić information content (AvgIpc) is 3.17. The molecule has 0 aliphatic heterocycles. The van der Waals surface area contributed by atoms with Crippen molar-refractivity contribution in [3.63, 3.8) is 0 Å². The summed E-state index contributed by atoms with van der Waals surface area (Å²) in [6, 6.07) is 10.4. The smallest absolute Gasteiger partial charge is 0.185 e. The first-order valence-electron chi connectivity index (χ1n) is 9.20. The van der Waals surface area contributed by atoms with E-state index < -0.39 is 0 Å². The van der Waals surface area contributed by atoms with Gasteiger partial charge in [-0.3, -0.25) is 0 Å². The van der Waals surface area contributed by atoms with Crippen LogP contribution >= 0.6 is 11.3 Å². The third kappa shape index (κ3) is 10.6. The number of rotatable bonds is 8. The minimum atomic E-state index is 0.675. The second-order valence-electron chi connectivity index (χ2n) is 5.15. The monoisotopic (exact) mass is 362 g/mol. The standard InChI is InChI=1S/C16H20N2OS.C3H8.C2H6/c1-3-19-14(2)9-11-18(16-17-10-12-20-16)13-15-7-5-4-6-8-15;1-3-2;1-2/h4-8,10,12H,2-3,9,11,13H2,1H3;3H2,1-2H3;1-2H3. The van der Waals surface area contributed by atoms with Gasteiger partial charge in [0.2, 0.25) is 0 Å². The van der Waals surface area contributed by atoms with Gasteiger partial charge in [-0.15, -0.1) is 11.3 Å². The van der Waals surface area contributed by atoms with E-state index in [1.54, 1.807) is 11.3 Å². The normalized spacial score (nSPS) is 9.16. The van der Waals surface area contributed by atoms with Crippen molar-refractivity contribution >= 4 is 16.5 Å². The zero-order chi connectivity index (χ0) is 18.9. The zero-order valence-corrected chi connectivity index (χ0v) is 17.3. The molecule has 0 N–H and O–H groups in total. The van der Waals surface area contributed by atoms with Crippen LogP contribution in [0.3, 0.4) is 0 Å². The summed E-state index contributed by atoms with van der Waals surface area (Å²) in [6.07, 6.45) is 3.91. The summed E-state index contributed by atoms with van der Waals surface area (Å²) < 4.78 is 5.42. The van der Waals surface area contributed by atoms with E-state index >= 15 is 0 Å². The van der Waals surface area contributed by atoms with Gasteiger partial charge in [0.1, 0.15) is 0 Å². The molecule has 3 nitrogen and oxygen atoms in total. The van der Waals surface area contributed by atoms with Crippen molar-refractivity contribution in [2.75, 3.05) is 18.1 Å². The largest absolute Gasteiger partial charge is 0.499 e. The first kappa shape index (κ1) is 23.2. The van der Waals surface area contributed by atoms with Gasteiger partial charge in [0.15, 0.2) is 5.13 Å². The molecule has 140 valence electrons. The van der Waals surface area contributed by atoms with Gasteiger partial charge in [-0.05, 0) is 12.5 Å². The predicted molar refractivity (Wildman–Crippen MR) is 112 cm³/mol. The maximum Gasteiger partial charge on any atom is 0.185 e. The van der Waals surface area contributed by atoms with E-state index in [4.69, 9.17) is 4.74 Å². The Balaban J connectivity index is 0.00000104. The van der Waals surface area contributed by atoms with E-state index in [9.17, 15) is 0 Å². The Kier molecular flexibility index (Phi) is 14.6. The lowest BCUT2D eigenvalue weighted by atomic mass is 10.2. The van der Waals surface area contributed by atoms with Crippen molar-refractivity contribution in [3.05, 3.63) is 59.8 Å². The van der Waals surface area contributed by atoms with Crippen LogP contribution in [0.2, 0.25) is 0 Å². The number of benzene rings is 1. The molecule has 1 aromatic heterocycles. The third-order valence-electron chi connectivity index (χ3n) is 2.92. The number of thiazole rings is 1. The predicted octanol–water partition coefficient (Wildman–Crippen LogP) is 6.53. The summed E-state index contributed by atoms with van der Waals surface area (Å²) in [4.78, 5) is 6.68. The van der Waals surface area contributed by atoms with Crippen LogP contribution in [0, 0.1) is 0 Å². The Hall–Kier alpha value is -1.81. The fourth-order valence-corrected chi connectivity index (χ4v) is 2.62. The summed E-state index contributed by atoms with van der Waals surface area (Å²) >= 11 is 1.66. The van der Waals surface area contributed by atoms with Crippen LogP contribution in [0.5, 0.6) is 0 Å². The van der Waals surface area contributed by atoms with Gasteiger partial charge in [0, 0.05) is 31.1 Å². The second kappa shape index (κ2) is 15.7. The molecule has 0 unspecified atom stereocenters. The van der Waals surface area contributed by atoms with Crippen LogP contribution in [0.25, 0.3) is 0 Å². The maximum absolute atomic E-state index is 5.42. The molecule has 2 rings (SSSR count). The molecular weight excluding hydrogens is 328 g/mol. The summed E-state index contributed by atoms with van der Waals surface area (Å²) in [7, 11) is 0. The summed E-state index contributed by atoms with van der Waals surface area (Å²) in [6.45, 7) is 16.6. The number of aromatic nitrogens is 1. The molecule has 0 aliphatic carbocycles. The van der Waals surface area contributed by atoms with E-state index in [1.807, 2.05) is 38.4 Å². The minimum absolute atomic E-state index is 0.675. The highest BCUT2D eigenvalue weighted by Crippen LogP contribution is 2.21. The van der Waals surface area contributed by atoms with Crippen molar-refractivity contribution in [1.29, 1.82) is 0 Å². The van der Waals surface area contributed by atoms with Crippen LogP contribution in [-0.4, -0.2) is 18.1 Å². The van der Waals surface area contributed by atoms with Crippen molar-refractivity contribution < 1.29 is 4.74 Å². The number of ether oxygens (including phenoxy) is 1. The number of nitrogens with zero attached hydrogens (tertiary/aromatic N) is 2. The maximum atomic E-state index is 5.42. The topological polar surface area (TPSA) is 25.4 Å². The van der Waals surface area contributed by atoms with Gasteiger partial charge in [0.05, 0.1) is 12.4 Å². The van der Waals surface area contributed by atoms with Gasteiger partial charge in [0.25, 0.3) is 0 Å². The first-order chi connectivity index (χ1) is 12.2. The van der Waals surface area contributed by atoms with Crippen LogP contribution in [0.15, 0.2) is 54.2 Å². The van der Waals surface area contributed by atoms with Crippen molar-refractivity contribution in [2.45, 2.75) is 54.0 Å². The third-order valence-corrected chi connectivity index (χ3v) is 3.75. The Labute approximate surface area is 158 Å². The minimum Gasteiger partial charge on any atom is -0.499 e. The summed E-state index contributed by atoms with van der Waals surface area (Å²) in [5.74, 6) is 0.835. The molecule has 0 aliphatic rings. The van der Waals surface area contributed by atoms with E-state index in [2.05, 4.69) is 54.6 Å². The molecule has 4 heteroatoms. The van der Waals surface area contributed by atoms with E-state index in [0.29, 0.717) is 6.61 Å². The molecule has 0 saturated heterocycles. The Bertz CT molecular complexity index is 526. The molecule has 25 heavy (non-hydrogen) atoms. The van der Waals surface area contributed by atoms with Gasteiger partial charge >= 0.3 is 0 Å². The van der Waals surface area contributed by atoms with Crippen molar-refractivity contribution in [2.24, 2.45) is 0 Å².